The molecule has 216 valence electrons. The summed E-state index contributed by atoms with van der Waals surface area (Å²) in [6.45, 7) is 7.24. The predicted octanol–water partition coefficient (Wildman–Crippen LogP) is 0.915. The van der Waals surface area contributed by atoms with Crippen LogP contribution in [-0.2, 0) is 26.1 Å². The van der Waals surface area contributed by atoms with E-state index in [1.54, 1.807) is 28.5 Å². The van der Waals surface area contributed by atoms with Gasteiger partial charge >= 0.3 is 0 Å². The van der Waals surface area contributed by atoms with Gasteiger partial charge in [-0.3, -0.25) is 14.4 Å². The first-order chi connectivity index (χ1) is 19.2. The molecule has 3 aromatic rings. The zero-order chi connectivity index (χ0) is 28.4. The van der Waals surface area contributed by atoms with E-state index in [1.165, 1.54) is 7.11 Å². The molecule has 5 heterocycles. The molecule has 0 spiro atoms. The summed E-state index contributed by atoms with van der Waals surface area (Å²) >= 11 is 1.59. The van der Waals surface area contributed by atoms with Crippen molar-refractivity contribution < 1.29 is 27.8 Å². The third-order valence-corrected chi connectivity index (χ3v) is 8.70. The molecule has 2 aliphatic heterocycles. The number of aliphatic hydroxyl groups excluding tert-OH is 1. The van der Waals surface area contributed by atoms with E-state index >= 15 is 0 Å². The Labute approximate surface area is 236 Å². The van der Waals surface area contributed by atoms with Crippen LogP contribution in [0.4, 0.5) is 11.6 Å². The highest BCUT2D eigenvalue weighted by Gasteiger charge is 2.26. The van der Waals surface area contributed by atoms with Gasteiger partial charge in [0.25, 0.3) is 0 Å². The Morgan fingerprint density at radius 3 is 2.55 bits per heavy atom. The first kappa shape index (κ1) is 28.4. The number of aryl methyl sites for hydroxylation is 1. The van der Waals surface area contributed by atoms with E-state index < -0.39 is 16.6 Å². The highest BCUT2D eigenvalue weighted by molar-refractivity contribution is 7.92. The van der Waals surface area contributed by atoms with Crippen LogP contribution in [0.25, 0.3) is 21.5 Å². The fourth-order valence-corrected chi connectivity index (χ4v) is 6.57. The summed E-state index contributed by atoms with van der Waals surface area (Å²) in [5.41, 5.74) is 3.46. The minimum Gasteiger partial charge on any atom is -0.480 e. The van der Waals surface area contributed by atoms with E-state index in [1.807, 2.05) is 0 Å². The minimum absolute atomic E-state index is 0.162. The lowest BCUT2D eigenvalue weighted by Gasteiger charge is -2.34. The largest absolute Gasteiger partial charge is 0.480 e. The average molecular weight is 592 g/mol. The molecule has 0 bridgehead atoms. The molecule has 15 heteroatoms. The fourth-order valence-electron chi connectivity index (χ4n) is 4.90. The van der Waals surface area contributed by atoms with E-state index in [4.69, 9.17) is 19.4 Å². The van der Waals surface area contributed by atoms with Gasteiger partial charge in [0.05, 0.1) is 42.5 Å². The SMILES string of the molecule is COc1ncc(-c2nc(N3CCOCC3)nc3c(CN4CCN(C(=O)CO)CC4)c(C)sc23)cc1NS(C)(=O)=O. The first-order valence-electron chi connectivity index (χ1n) is 12.9. The van der Waals surface area contributed by atoms with Gasteiger partial charge in [-0.15, -0.1) is 11.3 Å². The molecule has 3 aromatic heterocycles. The maximum Gasteiger partial charge on any atom is 0.248 e. The summed E-state index contributed by atoms with van der Waals surface area (Å²) in [6.07, 6.45) is 2.70. The number of hydrogen-bond donors (Lipinski definition) is 2. The van der Waals surface area contributed by atoms with Crippen molar-refractivity contribution in [1.82, 2.24) is 24.8 Å². The van der Waals surface area contributed by atoms with Gasteiger partial charge in [-0.05, 0) is 13.0 Å². The molecule has 0 saturated carbocycles. The van der Waals surface area contributed by atoms with Gasteiger partial charge in [0.1, 0.15) is 12.3 Å². The lowest BCUT2D eigenvalue weighted by atomic mass is 10.1. The van der Waals surface area contributed by atoms with Gasteiger partial charge in [0.2, 0.25) is 27.8 Å². The number of nitrogens with zero attached hydrogens (tertiary/aromatic N) is 6. The second kappa shape index (κ2) is 11.8. The number of hydrogen-bond acceptors (Lipinski definition) is 12. The Morgan fingerprint density at radius 2 is 1.90 bits per heavy atom. The minimum atomic E-state index is -3.57. The summed E-state index contributed by atoms with van der Waals surface area (Å²) in [7, 11) is -2.14. The van der Waals surface area contributed by atoms with Crippen LogP contribution in [0.1, 0.15) is 10.4 Å². The summed E-state index contributed by atoms with van der Waals surface area (Å²) < 4.78 is 38.3. The maximum atomic E-state index is 12.0. The molecule has 2 fully saturated rings. The van der Waals surface area contributed by atoms with Gasteiger partial charge in [-0.1, -0.05) is 0 Å². The van der Waals surface area contributed by atoms with Crippen molar-refractivity contribution in [3.63, 3.8) is 0 Å². The molecule has 0 atom stereocenters. The van der Waals surface area contributed by atoms with E-state index in [-0.39, 0.29) is 17.5 Å². The van der Waals surface area contributed by atoms with Gasteiger partial charge in [0.15, 0.2) is 0 Å². The number of aliphatic hydroxyl groups is 1. The Kier molecular flexibility index (Phi) is 8.37. The van der Waals surface area contributed by atoms with Gasteiger partial charge in [-0.2, -0.15) is 0 Å². The lowest BCUT2D eigenvalue weighted by molar-refractivity contribution is -0.136. The number of amides is 1. The number of carbonyl (C=O) groups excluding carboxylic acids is 1. The van der Waals surface area contributed by atoms with Crippen LogP contribution < -0.4 is 14.4 Å². The number of piperazine rings is 1. The first-order valence-corrected chi connectivity index (χ1v) is 15.6. The normalized spacial score (nSPS) is 16.9. The molecule has 0 radical (unpaired) electrons. The van der Waals surface area contributed by atoms with Crippen molar-refractivity contribution in [2.75, 3.05) is 82.1 Å². The Bertz CT molecular complexity index is 1500. The molecule has 40 heavy (non-hydrogen) atoms. The summed E-state index contributed by atoms with van der Waals surface area (Å²) in [6, 6.07) is 1.68. The van der Waals surface area contributed by atoms with Crippen LogP contribution in [0.2, 0.25) is 0 Å². The van der Waals surface area contributed by atoms with Crippen molar-refractivity contribution in [2.45, 2.75) is 13.5 Å². The van der Waals surface area contributed by atoms with E-state index in [9.17, 15) is 18.3 Å². The van der Waals surface area contributed by atoms with Crippen LogP contribution in [0.5, 0.6) is 5.88 Å². The van der Waals surface area contributed by atoms with Crippen LogP contribution in [0, 0.1) is 6.92 Å². The third kappa shape index (κ3) is 6.12. The van der Waals surface area contributed by atoms with Crippen molar-refractivity contribution in [1.29, 1.82) is 0 Å². The molecule has 5 rings (SSSR count). The number of sulfonamides is 1. The molecular formula is C25H33N7O6S2. The van der Waals surface area contributed by atoms with Crippen molar-refractivity contribution >= 4 is 49.1 Å². The topological polar surface area (TPSA) is 150 Å². The molecule has 2 N–H and O–H groups in total. The van der Waals surface area contributed by atoms with Crippen LogP contribution >= 0.6 is 11.3 Å². The smallest absolute Gasteiger partial charge is 0.248 e. The second-order valence-electron chi connectivity index (χ2n) is 9.76. The molecule has 13 nitrogen and oxygen atoms in total. The van der Waals surface area contributed by atoms with Crippen molar-refractivity contribution in [2.24, 2.45) is 0 Å². The van der Waals surface area contributed by atoms with Crippen molar-refractivity contribution in [3.8, 4) is 17.1 Å². The average Bonchev–Trinajstić information content (AvgIpc) is 3.26. The van der Waals surface area contributed by atoms with Gasteiger partial charge < -0.3 is 24.4 Å². The summed E-state index contributed by atoms with van der Waals surface area (Å²) in [5.74, 6) is 0.494. The van der Waals surface area contributed by atoms with Crippen LogP contribution in [-0.4, -0.2) is 117 Å². The molecular weight excluding hydrogens is 558 g/mol. The predicted molar refractivity (Wildman–Crippen MR) is 152 cm³/mol. The number of morpholine rings is 1. The number of rotatable bonds is 8. The standard InChI is InChI=1S/C25H33N7O6S2/c1-16-18(14-30-4-6-31(7-5-30)20(34)15-33)22-23(39-16)21(27-25(28-22)32-8-10-38-11-9-32)17-12-19(29-40(3,35)36)24(37-2)26-13-17/h12-13,29,33H,4-11,14-15H2,1-3H3. The number of ether oxygens (including phenoxy) is 2. The Hall–Kier alpha value is -3.11. The number of aromatic nitrogens is 3. The van der Waals surface area contributed by atoms with Crippen LogP contribution in [0.15, 0.2) is 12.3 Å². The third-order valence-electron chi connectivity index (χ3n) is 6.97. The van der Waals surface area contributed by atoms with Crippen LogP contribution in [0.3, 0.4) is 0 Å². The Balaban J connectivity index is 1.57. The highest BCUT2D eigenvalue weighted by atomic mass is 32.2. The molecule has 2 aliphatic rings. The number of pyridine rings is 1. The van der Waals surface area contributed by atoms with E-state index in [0.29, 0.717) is 76.2 Å². The van der Waals surface area contributed by atoms with Gasteiger partial charge in [0, 0.05) is 68.0 Å². The number of methoxy groups -OCH3 is 1. The van der Waals surface area contributed by atoms with E-state index in [0.717, 1.165) is 26.9 Å². The lowest BCUT2D eigenvalue weighted by Crippen LogP contribution is -2.49. The highest BCUT2D eigenvalue weighted by Crippen LogP contribution is 2.39. The zero-order valence-corrected chi connectivity index (χ0v) is 24.3. The second-order valence-corrected chi connectivity index (χ2v) is 12.7. The molecule has 0 unspecified atom stereocenters. The molecule has 0 aliphatic carbocycles. The van der Waals surface area contributed by atoms with E-state index in [2.05, 4.69) is 26.4 Å². The van der Waals surface area contributed by atoms with Crippen molar-refractivity contribution in [3.05, 3.63) is 22.7 Å². The summed E-state index contributed by atoms with van der Waals surface area (Å²) in [5, 5.41) is 9.20. The maximum absolute atomic E-state index is 12.0. The molecule has 0 aromatic carbocycles. The number of fused-ring (bicyclic) bond motifs is 1. The molecule has 2 saturated heterocycles. The van der Waals surface area contributed by atoms with Gasteiger partial charge in [-0.25, -0.2) is 23.4 Å². The zero-order valence-electron chi connectivity index (χ0n) is 22.7. The number of nitrogens with one attached hydrogen (secondary N) is 1. The molecule has 1 amide bonds. The number of anilines is 2. The quantitative estimate of drug-likeness (QED) is 0.385. The Morgan fingerprint density at radius 1 is 1.18 bits per heavy atom. The monoisotopic (exact) mass is 591 g/mol. The summed E-state index contributed by atoms with van der Waals surface area (Å²) in [4.78, 5) is 33.4. The number of thiophene rings is 1. The fraction of sp³-hybridized carbons (Fsp3) is 0.520. The number of carbonyl (C=O) groups is 1.